The molecule has 0 aromatic carbocycles. The highest BCUT2D eigenvalue weighted by Gasteiger charge is 2.41. The van der Waals surface area contributed by atoms with Crippen molar-refractivity contribution in [2.45, 2.75) is 32.7 Å². The Hall–Kier alpha value is -2.28. The van der Waals surface area contributed by atoms with Gasteiger partial charge in [-0.05, 0) is 25.0 Å². The van der Waals surface area contributed by atoms with Crippen molar-refractivity contribution in [1.29, 1.82) is 0 Å². The van der Waals surface area contributed by atoms with Crippen LogP contribution < -0.4 is 16.6 Å². The van der Waals surface area contributed by atoms with Gasteiger partial charge in [0.1, 0.15) is 11.4 Å². The number of carboxylic acid groups (broad SMARTS) is 1. The molecule has 0 radical (unpaired) electrons. The van der Waals surface area contributed by atoms with Gasteiger partial charge in [-0.25, -0.2) is 0 Å². The van der Waals surface area contributed by atoms with Crippen LogP contribution in [0.4, 0.5) is 0 Å². The van der Waals surface area contributed by atoms with Gasteiger partial charge in [-0.3, -0.25) is 14.8 Å². The number of carbonyl (C=O) groups is 2. The smallest absolute Gasteiger partial charge is 0.253 e. The number of aliphatic imine (C=N–C) groups is 1. The number of amides is 1. The van der Waals surface area contributed by atoms with E-state index < -0.39 is 11.5 Å². The molecule has 0 bridgehead atoms. The van der Waals surface area contributed by atoms with Crippen LogP contribution >= 0.6 is 0 Å². The number of pyridine rings is 1. The summed E-state index contributed by atoms with van der Waals surface area (Å²) in [6.45, 7) is 5.59. The number of nitrogens with one attached hydrogen (secondary N) is 1. The Kier molecular flexibility index (Phi) is 4.80. The molecule has 0 saturated carbocycles. The van der Waals surface area contributed by atoms with E-state index in [0.29, 0.717) is 11.5 Å². The summed E-state index contributed by atoms with van der Waals surface area (Å²) >= 11 is 0. The number of carbonyl (C=O) groups excluding carboxylic acids is 2. The van der Waals surface area contributed by atoms with Crippen molar-refractivity contribution < 1.29 is 14.7 Å². The number of hydrogen-bond acceptors (Lipinski definition) is 5. The molecule has 5 N–H and O–H groups in total. The van der Waals surface area contributed by atoms with Crippen molar-refractivity contribution in [2.24, 2.45) is 10.9 Å². The second kappa shape index (κ2) is 6.01. The molecular formula is C14H20N4O3. The number of aromatic nitrogens is 1. The molecule has 0 spiro atoms. The Morgan fingerprint density at radius 3 is 2.67 bits per heavy atom. The largest absolute Gasteiger partial charge is 0.545 e. The maximum Gasteiger partial charge on any atom is 0.253 e. The molecule has 1 unspecified atom stereocenters. The van der Waals surface area contributed by atoms with Gasteiger partial charge in [-0.2, -0.15) is 0 Å². The van der Waals surface area contributed by atoms with E-state index in [1.54, 1.807) is 6.92 Å². The Labute approximate surface area is 123 Å². The summed E-state index contributed by atoms with van der Waals surface area (Å²) in [7, 11) is 0. The van der Waals surface area contributed by atoms with E-state index in [9.17, 15) is 14.7 Å². The van der Waals surface area contributed by atoms with E-state index in [1.165, 1.54) is 18.3 Å². The second-order valence-corrected chi connectivity index (χ2v) is 5.28. The lowest BCUT2D eigenvalue weighted by atomic mass is 9.89. The summed E-state index contributed by atoms with van der Waals surface area (Å²) in [5.41, 5.74) is -0.465. The van der Waals surface area contributed by atoms with Crippen LogP contribution in [-0.4, -0.2) is 28.2 Å². The van der Waals surface area contributed by atoms with E-state index in [1.807, 2.05) is 13.8 Å². The SMILES string of the molecule is CC(C)C1(C)N=C(Cc2ncccc2C(=O)[O-])NC1=O.[NH4+]. The first-order valence-electron chi connectivity index (χ1n) is 6.40. The second-order valence-electron chi connectivity index (χ2n) is 5.28. The maximum atomic E-state index is 12.0. The Bertz CT molecular complexity index is 598. The highest BCUT2D eigenvalue weighted by atomic mass is 16.4. The van der Waals surface area contributed by atoms with Gasteiger partial charge in [0.2, 0.25) is 0 Å². The zero-order valence-corrected chi connectivity index (χ0v) is 12.6. The summed E-state index contributed by atoms with van der Waals surface area (Å²) in [6, 6.07) is 2.96. The van der Waals surface area contributed by atoms with Gasteiger partial charge in [0.15, 0.2) is 0 Å². The maximum absolute atomic E-state index is 12.0. The number of carboxylic acids is 1. The van der Waals surface area contributed by atoms with Crippen LogP contribution in [0.5, 0.6) is 0 Å². The molecule has 7 nitrogen and oxygen atoms in total. The molecular weight excluding hydrogens is 272 g/mol. The minimum atomic E-state index is -1.29. The summed E-state index contributed by atoms with van der Waals surface area (Å²) in [5, 5.41) is 13.7. The third kappa shape index (κ3) is 3.08. The molecule has 1 aliphatic heterocycles. The van der Waals surface area contributed by atoms with Gasteiger partial charge in [0.05, 0.1) is 11.7 Å². The molecule has 1 aromatic heterocycles. The fourth-order valence-corrected chi connectivity index (χ4v) is 2.02. The monoisotopic (exact) mass is 292 g/mol. The lowest BCUT2D eigenvalue weighted by Crippen LogP contribution is -2.41. The number of nitrogens with zero attached hydrogens (tertiary/aromatic N) is 2. The molecule has 1 atom stereocenters. The molecule has 114 valence electrons. The standard InChI is InChI=1S/C14H17N3O3.H3N/c1-8(2)14(3)13(20)16-11(17-14)7-10-9(12(18)19)5-4-6-15-10;/h4-6,8H,7H2,1-3H3,(H,18,19)(H,16,17,20);1H3. The predicted molar refractivity (Wildman–Crippen MR) is 77.1 cm³/mol. The van der Waals surface area contributed by atoms with E-state index >= 15 is 0 Å². The minimum Gasteiger partial charge on any atom is -0.545 e. The van der Waals surface area contributed by atoms with Crippen LogP contribution in [0.15, 0.2) is 23.3 Å². The fraction of sp³-hybridized carbons (Fsp3) is 0.429. The van der Waals surface area contributed by atoms with E-state index in [2.05, 4.69) is 15.3 Å². The summed E-state index contributed by atoms with van der Waals surface area (Å²) in [4.78, 5) is 31.4. The van der Waals surface area contributed by atoms with Gasteiger partial charge in [-0.15, -0.1) is 0 Å². The zero-order chi connectivity index (χ0) is 14.9. The highest BCUT2D eigenvalue weighted by molar-refractivity contribution is 6.09. The normalized spacial score (nSPS) is 20.8. The molecule has 1 aliphatic rings. The first-order valence-corrected chi connectivity index (χ1v) is 6.40. The van der Waals surface area contributed by atoms with Crippen molar-refractivity contribution in [3.05, 3.63) is 29.6 Å². The fourth-order valence-electron chi connectivity index (χ4n) is 2.02. The quantitative estimate of drug-likeness (QED) is 0.826. The molecule has 21 heavy (non-hydrogen) atoms. The van der Waals surface area contributed by atoms with Crippen LogP contribution in [0, 0.1) is 5.92 Å². The van der Waals surface area contributed by atoms with Crippen molar-refractivity contribution in [3.8, 4) is 0 Å². The van der Waals surface area contributed by atoms with Gasteiger partial charge in [-0.1, -0.05) is 13.8 Å². The van der Waals surface area contributed by atoms with Gasteiger partial charge in [0.25, 0.3) is 5.91 Å². The summed E-state index contributed by atoms with van der Waals surface area (Å²) in [6.07, 6.45) is 1.67. The van der Waals surface area contributed by atoms with Crippen molar-refractivity contribution in [3.63, 3.8) is 0 Å². The molecule has 1 amide bonds. The lowest BCUT2D eigenvalue weighted by molar-refractivity contribution is -0.255. The molecule has 7 heteroatoms. The number of hydrogen-bond donors (Lipinski definition) is 2. The van der Waals surface area contributed by atoms with Crippen LogP contribution in [0.1, 0.15) is 36.8 Å². The molecule has 0 aliphatic carbocycles. The van der Waals surface area contributed by atoms with Crippen LogP contribution in [0.25, 0.3) is 0 Å². The first-order chi connectivity index (χ1) is 9.34. The van der Waals surface area contributed by atoms with Gasteiger partial charge < -0.3 is 21.4 Å². The van der Waals surface area contributed by atoms with Crippen LogP contribution in [0.2, 0.25) is 0 Å². The zero-order valence-electron chi connectivity index (χ0n) is 12.6. The molecule has 2 heterocycles. The Morgan fingerprint density at radius 1 is 1.48 bits per heavy atom. The van der Waals surface area contributed by atoms with Crippen LogP contribution in [0.3, 0.4) is 0 Å². The number of rotatable bonds is 4. The van der Waals surface area contributed by atoms with Crippen molar-refractivity contribution >= 4 is 17.7 Å². The lowest BCUT2D eigenvalue weighted by Gasteiger charge is -2.21. The third-order valence-electron chi connectivity index (χ3n) is 3.65. The van der Waals surface area contributed by atoms with E-state index in [-0.39, 0.29) is 30.0 Å². The molecule has 2 rings (SSSR count). The minimum absolute atomic E-state index is 0. The van der Waals surface area contributed by atoms with Crippen molar-refractivity contribution in [1.82, 2.24) is 16.5 Å². The number of amidine groups is 1. The summed E-state index contributed by atoms with van der Waals surface area (Å²) in [5.74, 6) is -0.977. The summed E-state index contributed by atoms with van der Waals surface area (Å²) < 4.78 is 0. The van der Waals surface area contributed by atoms with Crippen molar-refractivity contribution in [2.75, 3.05) is 0 Å². The number of quaternary nitrogens is 1. The average Bonchev–Trinajstić information content (AvgIpc) is 2.66. The number of aromatic carboxylic acids is 1. The van der Waals surface area contributed by atoms with Gasteiger partial charge in [0, 0.05) is 18.2 Å². The first kappa shape index (κ1) is 16.8. The van der Waals surface area contributed by atoms with E-state index in [0.717, 1.165) is 0 Å². The molecule has 0 saturated heterocycles. The Morgan fingerprint density at radius 2 is 2.14 bits per heavy atom. The van der Waals surface area contributed by atoms with E-state index in [4.69, 9.17) is 0 Å². The predicted octanol–water partition coefficient (Wildman–Crippen LogP) is 0.307. The third-order valence-corrected chi connectivity index (χ3v) is 3.65. The highest BCUT2D eigenvalue weighted by Crippen LogP contribution is 2.26. The average molecular weight is 292 g/mol. The molecule has 0 fully saturated rings. The topological polar surface area (TPSA) is 131 Å². The van der Waals surface area contributed by atoms with Crippen LogP contribution in [-0.2, 0) is 11.2 Å². The Balaban J connectivity index is 0.00000220. The van der Waals surface area contributed by atoms with Gasteiger partial charge >= 0.3 is 0 Å². The molecule has 1 aromatic rings.